The Hall–Kier alpha value is -3.96. The number of likely N-dealkylation sites (tertiary alicyclic amines) is 1. The number of rotatable bonds is 19. The van der Waals surface area contributed by atoms with E-state index in [2.05, 4.69) is 16.0 Å². The summed E-state index contributed by atoms with van der Waals surface area (Å²) in [5, 5.41) is 11.1. The Morgan fingerprint density at radius 1 is 0.865 bits per heavy atom. The Balaban J connectivity index is 1.42. The molecular formula is C39H52N4O8Zn. The van der Waals surface area contributed by atoms with Crippen LogP contribution in [0.2, 0.25) is 10.0 Å². The molecule has 278 valence electrons. The van der Waals surface area contributed by atoms with Gasteiger partial charge >= 0.3 is 134 Å². The van der Waals surface area contributed by atoms with Crippen LogP contribution in [0.5, 0.6) is 0 Å². The molecule has 0 spiro atoms. The zero-order chi connectivity index (χ0) is 37.1. The van der Waals surface area contributed by atoms with Gasteiger partial charge in [-0.2, -0.15) is 0 Å². The maximum atomic E-state index is 13.9. The van der Waals surface area contributed by atoms with E-state index in [1.54, 1.807) is 4.90 Å². The van der Waals surface area contributed by atoms with Gasteiger partial charge in [0.1, 0.15) is 19.3 Å². The van der Waals surface area contributed by atoms with Gasteiger partial charge in [-0.1, -0.05) is 60.7 Å². The van der Waals surface area contributed by atoms with Crippen molar-refractivity contribution in [1.82, 2.24) is 20.9 Å². The minimum atomic E-state index is -1.33. The molecule has 0 radical (unpaired) electrons. The van der Waals surface area contributed by atoms with Gasteiger partial charge in [0.2, 0.25) is 11.8 Å². The molecule has 0 aliphatic carbocycles. The van der Waals surface area contributed by atoms with Crippen molar-refractivity contribution in [3.8, 4) is 0 Å². The van der Waals surface area contributed by atoms with Crippen molar-refractivity contribution in [2.45, 2.75) is 87.0 Å². The van der Waals surface area contributed by atoms with Crippen molar-refractivity contribution in [1.29, 1.82) is 0 Å². The molecule has 3 atom stereocenters. The molecule has 2 aromatic carbocycles. The van der Waals surface area contributed by atoms with Gasteiger partial charge in [-0.15, -0.1) is 0 Å². The molecule has 0 unspecified atom stereocenters. The average Bonchev–Trinajstić information content (AvgIpc) is 3.16. The number of nitrogens with zero attached hydrogens (tertiary/aromatic N) is 1. The van der Waals surface area contributed by atoms with Gasteiger partial charge in [0.25, 0.3) is 0 Å². The molecule has 2 fully saturated rings. The number of carbonyl (C=O) groups is 6. The van der Waals surface area contributed by atoms with Crippen molar-refractivity contribution in [3.63, 3.8) is 0 Å². The van der Waals surface area contributed by atoms with Crippen molar-refractivity contribution >= 4 is 35.4 Å². The van der Waals surface area contributed by atoms with Crippen LogP contribution in [0, 0.1) is 11.8 Å². The fourth-order valence-electron chi connectivity index (χ4n) is 6.76. The number of nitrogens with one attached hydrogen (secondary N) is 3. The van der Waals surface area contributed by atoms with Crippen molar-refractivity contribution in [2.75, 3.05) is 32.8 Å². The summed E-state index contributed by atoms with van der Waals surface area (Å²) in [5.41, 5.74) is 1.56. The van der Waals surface area contributed by atoms with Gasteiger partial charge in [-0.05, 0) is 18.1 Å². The summed E-state index contributed by atoms with van der Waals surface area (Å²) in [6.45, 7) is 2.38. The molecule has 3 N–H and O–H groups in total. The number of piperidine rings is 1. The van der Waals surface area contributed by atoms with E-state index in [4.69, 9.17) is 9.47 Å². The van der Waals surface area contributed by atoms with Crippen LogP contribution in [0.1, 0.15) is 63.0 Å². The second-order valence-electron chi connectivity index (χ2n) is 13.9. The molecule has 4 amide bonds. The molecule has 0 saturated carbocycles. The quantitative estimate of drug-likeness (QED) is 0.111. The molecule has 52 heavy (non-hydrogen) atoms. The van der Waals surface area contributed by atoms with Crippen LogP contribution < -0.4 is 16.0 Å². The number of Topliss-reactive ketones (excluding diaryl/α,β-unsaturated/α-hetero) is 1. The Bertz CT molecular complexity index is 1470. The SMILES string of the molecule is CC(=O)COCCNC(=O)[C@H](Cc1ccccc1)NC(=O)[C@H](CC(=O)OCc1ccccc1)NC(=O)[C@@H]1CCCN(C(=O)CCC2C[CH2][Zn][CH2]C2)C1. The fraction of sp³-hybridized carbons (Fsp3) is 0.538. The number of esters is 1. The van der Waals surface area contributed by atoms with Crippen LogP contribution in [-0.2, 0) is 68.4 Å². The third-order valence-corrected chi connectivity index (χ3v) is 13.5. The Morgan fingerprint density at radius 2 is 1.56 bits per heavy atom. The zero-order valence-electron chi connectivity index (χ0n) is 30.3. The first-order chi connectivity index (χ1) is 25.2. The number of hydrogen-bond acceptors (Lipinski definition) is 8. The first kappa shape index (κ1) is 40.8. The third kappa shape index (κ3) is 14.6. The first-order valence-electron chi connectivity index (χ1n) is 18.6. The predicted octanol–water partition coefficient (Wildman–Crippen LogP) is 3.40. The van der Waals surface area contributed by atoms with E-state index in [0.717, 1.165) is 17.5 Å². The van der Waals surface area contributed by atoms with Crippen LogP contribution in [0.4, 0.5) is 0 Å². The van der Waals surface area contributed by atoms with Crippen molar-refractivity contribution < 1.29 is 55.4 Å². The van der Waals surface area contributed by atoms with Gasteiger partial charge < -0.3 is 20.1 Å². The molecule has 2 aliphatic rings. The van der Waals surface area contributed by atoms with Gasteiger partial charge in [-0.3, -0.25) is 19.2 Å². The van der Waals surface area contributed by atoms with Gasteiger partial charge in [-0.25, -0.2) is 0 Å². The van der Waals surface area contributed by atoms with Crippen molar-refractivity contribution in [2.24, 2.45) is 11.8 Å². The molecule has 12 nitrogen and oxygen atoms in total. The number of carbonyl (C=O) groups excluding carboxylic acids is 6. The van der Waals surface area contributed by atoms with Crippen LogP contribution in [0.25, 0.3) is 0 Å². The normalized spacial score (nSPS) is 17.0. The molecule has 0 aromatic heterocycles. The van der Waals surface area contributed by atoms with Crippen molar-refractivity contribution in [3.05, 3.63) is 71.8 Å². The van der Waals surface area contributed by atoms with Gasteiger partial charge in [0, 0.05) is 13.0 Å². The molecular weight excluding hydrogens is 718 g/mol. The molecule has 2 heterocycles. The molecule has 2 aromatic rings. The Labute approximate surface area is 314 Å². The molecule has 4 rings (SSSR count). The summed E-state index contributed by atoms with van der Waals surface area (Å²) in [6, 6.07) is 15.9. The van der Waals surface area contributed by atoms with Crippen LogP contribution in [0.15, 0.2) is 60.7 Å². The number of ether oxygens (including phenoxy) is 2. The summed E-state index contributed by atoms with van der Waals surface area (Å²) in [7, 11) is 0. The average molecular weight is 770 g/mol. The minimum absolute atomic E-state index is 0.00410. The fourth-order valence-corrected chi connectivity index (χ4v) is 11.1. The summed E-state index contributed by atoms with van der Waals surface area (Å²) < 4.78 is 10.7. The van der Waals surface area contributed by atoms with E-state index in [1.165, 1.54) is 29.8 Å². The van der Waals surface area contributed by atoms with E-state index < -0.39 is 48.1 Å². The second kappa shape index (κ2) is 22.2. The molecule has 2 saturated heterocycles. The Kier molecular flexibility index (Phi) is 17.4. The number of hydrogen-bond donors (Lipinski definition) is 3. The molecule has 2 aliphatic heterocycles. The van der Waals surface area contributed by atoms with Gasteiger partial charge in [0.05, 0.1) is 13.0 Å². The second-order valence-corrected chi connectivity index (χ2v) is 18.4. The third-order valence-electron chi connectivity index (χ3n) is 9.65. The van der Waals surface area contributed by atoms with E-state index in [0.29, 0.717) is 31.7 Å². The standard InChI is InChI=1S/C39H52N4O8.Zn/c1-4-29(5-2)18-19-35(45)43-21-12-17-32(25-43)37(47)41-34(24-36(46)51-27-31-15-10-7-11-16-31)39(49)42-33(23-30-13-8-6-9-14-30)38(48)40-20-22-50-26-28(3)44;/h6-11,13-16,29,32-34H,1-2,4-5,12,17-27H2,3H3,(H,40,48)(H,41,47)(H,42,49);/t32-,33+,34+;/m1./s1. The van der Waals surface area contributed by atoms with E-state index in [-0.39, 0.29) is 68.1 Å². The molecule has 13 heteroatoms. The van der Waals surface area contributed by atoms with Crippen LogP contribution in [0.3, 0.4) is 0 Å². The monoisotopic (exact) mass is 768 g/mol. The zero-order valence-corrected chi connectivity index (χ0v) is 33.3. The summed E-state index contributed by atoms with van der Waals surface area (Å²) in [6.07, 6.45) is 4.77. The number of ketones is 1. The molecule has 0 bridgehead atoms. The number of amides is 4. The van der Waals surface area contributed by atoms with Crippen LogP contribution in [-0.4, -0.2) is 85.2 Å². The topological polar surface area (TPSA) is 160 Å². The van der Waals surface area contributed by atoms with Gasteiger partial charge in [0.15, 0.2) is 5.78 Å². The van der Waals surface area contributed by atoms with E-state index in [9.17, 15) is 28.8 Å². The Morgan fingerprint density at radius 3 is 2.25 bits per heavy atom. The summed E-state index contributed by atoms with van der Waals surface area (Å²) in [4.78, 5) is 80.2. The van der Waals surface area contributed by atoms with Crippen LogP contribution >= 0.6 is 0 Å². The number of benzene rings is 2. The maximum absolute atomic E-state index is 13.9. The van der Waals surface area contributed by atoms with E-state index >= 15 is 0 Å². The summed E-state index contributed by atoms with van der Waals surface area (Å²) >= 11 is -0.302. The predicted molar refractivity (Wildman–Crippen MR) is 190 cm³/mol. The first-order valence-corrected chi connectivity index (χ1v) is 22.8. The summed E-state index contributed by atoms with van der Waals surface area (Å²) in [5.74, 6) is -2.32. The van der Waals surface area contributed by atoms with E-state index in [1.807, 2.05) is 60.7 Å².